The van der Waals surface area contributed by atoms with Gasteiger partial charge < -0.3 is 14.6 Å². The summed E-state index contributed by atoms with van der Waals surface area (Å²) in [6.07, 6.45) is -0.639. The summed E-state index contributed by atoms with van der Waals surface area (Å²) in [6.45, 7) is 0. The van der Waals surface area contributed by atoms with Gasteiger partial charge in [-0.15, -0.1) is 0 Å². The van der Waals surface area contributed by atoms with Crippen molar-refractivity contribution in [3.8, 4) is 5.75 Å². The number of nitro groups is 1. The molecule has 0 aromatic heterocycles. The van der Waals surface area contributed by atoms with Gasteiger partial charge in [0.25, 0.3) is 6.04 Å². The van der Waals surface area contributed by atoms with Crippen LogP contribution in [0, 0.1) is 15.5 Å². The van der Waals surface area contributed by atoms with Gasteiger partial charge >= 0.3 is 5.97 Å². The van der Waals surface area contributed by atoms with Gasteiger partial charge in [0.1, 0.15) is 17.3 Å². The lowest BCUT2D eigenvalue weighted by atomic mass is 9.68. The molecule has 1 saturated carbocycles. The van der Waals surface area contributed by atoms with Crippen LogP contribution < -0.4 is 4.74 Å². The van der Waals surface area contributed by atoms with E-state index in [0.717, 1.165) is 7.11 Å². The van der Waals surface area contributed by atoms with E-state index < -0.39 is 34.4 Å². The van der Waals surface area contributed by atoms with Crippen molar-refractivity contribution in [2.24, 2.45) is 5.41 Å². The fraction of sp³-hybridized carbons (Fsp3) is 0.529. The molecule has 0 bridgehead atoms. The quantitative estimate of drug-likeness (QED) is 0.378. The first kappa shape index (κ1) is 17.3. The van der Waals surface area contributed by atoms with Gasteiger partial charge in [-0.25, -0.2) is 0 Å². The minimum absolute atomic E-state index is 0.164. The lowest BCUT2D eigenvalue weighted by Crippen LogP contribution is -2.47. The Morgan fingerprint density at radius 2 is 2.08 bits per heavy atom. The number of ether oxygens (including phenoxy) is 2. The molecule has 3 rings (SSSR count). The Kier molecular flexibility index (Phi) is 4.24. The Morgan fingerprint density at radius 1 is 1.36 bits per heavy atom. The molecule has 0 spiro atoms. The Bertz CT molecular complexity index is 747. The van der Waals surface area contributed by atoms with E-state index in [1.54, 1.807) is 12.1 Å². The van der Waals surface area contributed by atoms with Crippen LogP contribution in [0.5, 0.6) is 5.75 Å². The van der Waals surface area contributed by atoms with E-state index in [0.29, 0.717) is 23.3 Å². The van der Waals surface area contributed by atoms with Crippen LogP contribution in [0.3, 0.4) is 0 Å². The SMILES string of the molecule is COC(=O)[C@]1([C@H]2c3ccc(OC)cc3[C@H](O)[C@@H]2[N+](=O)[O-])CCCC1=O. The lowest BCUT2D eigenvalue weighted by Gasteiger charge is -2.32. The summed E-state index contributed by atoms with van der Waals surface area (Å²) >= 11 is 0. The second-order valence-corrected chi connectivity index (χ2v) is 6.43. The summed E-state index contributed by atoms with van der Waals surface area (Å²) < 4.78 is 9.97. The first-order valence-electron chi connectivity index (χ1n) is 7.99. The molecule has 1 fully saturated rings. The lowest BCUT2D eigenvalue weighted by molar-refractivity contribution is -0.539. The van der Waals surface area contributed by atoms with Crippen molar-refractivity contribution in [2.75, 3.05) is 14.2 Å². The Balaban J connectivity index is 2.23. The number of nitrogens with zero attached hydrogens (tertiary/aromatic N) is 1. The van der Waals surface area contributed by atoms with Crippen molar-refractivity contribution in [3.63, 3.8) is 0 Å². The Hall–Kier alpha value is -2.48. The topological polar surface area (TPSA) is 116 Å². The monoisotopic (exact) mass is 349 g/mol. The minimum Gasteiger partial charge on any atom is -0.497 e. The molecule has 1 N–H and O–H groups in total. The van der Waals surface area contributed by atoms with Crippen LogP contribution in [0.4, 0.5) is 0 Å². The largest absolute Gasteiger partial charge is 0.497 e. The number of carbonyl (C=O) groups excluding carboxylic acids is 2. The number of benzene rings is 1. The molecule has 0 saturated heterocycles. The van der Waals surface area contributed by atoms with E-state index in [1.807, 2.05) is 0 Å². The van der Waals surface area contributed by atoms with Gasteiger partial charge in [0, 0.05) is 11.3 Å². The molecule has 0 heterocycles. The van der Waals surface area contributed by atoms with Crippen LogP contribution in [-0.2, 0) is 14.3 Å². The van der Waals surface area contributed by atoms with Crippen molar-refractivity contribution in [3.05, 3.63) is 39.4 Å². The van der Waals surface area contributed by atoms with E-state index >= 15 is 0 Å². The predicted molar refractivity (Wildman–Crippen MR) is 84.8 cm³/mol. The van der Waals surface area contributed by atoms with Crippen molar-refractivity contribution in [1.82, 2.24) is 0 Å². The second kappa shape index (κ2) is 6.11. The standard InChI is InChI=1S/C17H19NO7/c1-24-9-5-6-10-11(8-9)15(20)14(18(22)23)13(10)17(16(21)25-2)7-3-4-12(17)19/h5-6,8,13-15,20H,3-4,7H2,1-2H3/t13-,14+,15-,17+/m0/s1. The van der Waals surface area contributed by atoms with Gasteiger partial charge in [0.15, 0.2) is 5.78 Å². The number of methoxy groups -OCH3 is 2. The van der Waals surface area contributed by atoms with Crippen LogP contribution in [0.25, 0.3) is 0 Å². The minimum atomic E-state index is -1.63. The number of hydrogen-bond acceptors (Lipinski definition) is 7. The van der Waals surface area contributed by atoms with Crippen LogP contribution in [-0.4, -0.2) is 42.0 Å². The Morgan fingerprint density at radius 3 is 2.60 bits per heavy atom. The van der Waals surface area contributed by atoms with Crippen LogP contribution in [0.1, 0.15) is 42.4 Å². The molecule has 8 heteroatoms. The highest BCUT2D eigenvalue weighted by Crippen LogP contribution is 2.56. The molecule has 0 radical (unpaired) electrons. The Labute approximate surface area is 143 Å². The van der Waals surface area contributed by atoms with Gasteiger partial charge in [-0.05, 0) is 36.1 Å². The van der Waals surface area contributed by atoms with Gasteiger partial charge in [-0.3, -0.25) is 19.7 Å². The fourth-order valence-corrected chi connectivity index (χ4v) is 4.31. The van der Waals surface area contributed by atoms with Gasteiger partial charge in [0.05, 0.1) is 20.1 Å². The predicted octanol–water partition coefficient (Wildman–Crippen LogP) is 1.38. The number of aliphatic hydroxyl groups excluding tert-OH is 1. The molecule has 0 amide bonds. The molecule has 4 atom stereocenters. The molecule has 25 heavy (non-hydrogen) atoms. The summed E-state index contributed by atoms with van der Waals surface area (Å²) in [7, 11) is 2.61. The number of rotatable bonds is 4. The number of fused-ring (bicyclic) bond motifs is 1. The normalized spacial score (nSPS) is 30.8. The zero-order chi connectivity index (χ0) is 18.4. The van der Waals surface area contributed by atoms with E-state index in [1.165, 1.54) is 13.2 Å². The van der Waals surface area contributed by atoms with E-state index in [2.05, 4.69) is 0 Å². The number of ketones is 1. The number of esters is 1. The number of hydrogen-bond donors (Lipinski definition) is 1. The smallest absolute Gasteiger partial charge is 0.320 e. The first-order valence-corrected chi connectivity index (χ1v) is 7.99. The summed E-state index contributed by atoms with van der Waals surface area (Å²) in [5.74, 6) is -1.78. The maximum Gasteiger partial charge on any atom is 0.320 e. The zero-order valence-electron chi connectivity index (χ0n) is 13.9. The first-order chi connectivity index (χ1) is 11.9. The van der Waals surface area contributed by atoms with Gasteiger partial charge in [-0.1, -0.05) is 6.07 Å². The average molecular weight is 349 g/mol. The van der Waals surface area contributed by atoms with E-state index in [4.69, 9.17) is 9.47 Å². The number of aliphatic hydroxyl groups is 1. The van der Waals surface area contributed by atoms with Crippen molar-refractivity contribution in [2.45, 2.75) is 37.3 Å². The molecule has 2 aliphatic rings. The molecular weight excluding hydrogens is 330 g/mol. The molecule has 1 aromatic rings. The molecule has 1 aromatic carbocycles. The molecule has 8 nitrogen and oxygen atoms in total. The average Bonchev–Trinajstić information content (AvgIpc) is 3.12. The maximum atomic E-state index is 12.7. The van der Waals surface area contributed by atoms with Crippen molar-refractivity contribution >= 4 is 11.8 Å². The van der Waals surface area contributed by atoms with E-state index in [-0.39, 0.29) is 18.6 Å². The fourth-order valence-electron chi connectivity index (χ4n) is 4.31. The maximum absolute atomic E-state index is 12.7. The third-order valence-electron chi connectivity index (χ3n) is 5.41. The third kappa shape index (κ3) is 2.31. The molecule has 134 valence electrons. The zero-order valence-corrected chi connectivity index (χ0v) is 13.9. The highest BCUT2D eigenvalue weighted by Gasteiger charge is 2.65. The molecule has 2 aliphatic carbocycles. The summed E-state index contributed by atoms with van der Waals surface area (Å²) in [6, 6.07) is 3.21. The summed E-state index contributed by atoms with van der Waals surface area (Å²) in [5, 5.41) is 22.3. The third-order valence-corrected chi connectivity index (χ3v) is 5.41. The van der Waals surface area contributed by atoms with Gasteiger partial charge in [0.2, 0.25) is 0 Å². The van der Waals surface area contributed by atoms with E-state index in [9.17, 15) is 24.8 Å². The molecule has 0 unspecified atom stereocenters. The van der Waals surface area contributed by atoms with Crippen molar-refractivity contribution in [1.29, 1.82) is 0 Å². The second-order valence-electron chi connectivity index (χ2n) is 6.43. The highest BCUT2D eigenvalue weighted by atomic mass is 16.6. The summed E-state index contributed by atoms with van der Waals surface area (Å²) in [4.78, 5) is 36.3. The molecular formula is C17H19NO7. The van der Waals surface area contributed by atoms with Crippen LogP contribution >= 0.6 is 0 Å². The summed E-state index contributed by atoms with van der Waals surface area (Å²) in [5.41, 5.74) is -0.891. The highest BCUT2D eigenvalue weighted by molar-refractivity contribution is 6.06. The van der Waals surface area contributed by atoms with Gasteiger partial charge in [-0.2, -0.15) is 0 Å². The van der Waals surface area contributed by atoms with Crippen LogP contribution in [0.15, 0.2) is 18.2 Å². The molecule has 0 aliphatic heterocycles. The van der Waals surface area contributed by atoms with Crippen molar-refractivity contribution < 1.29 is 29.1 Å². The number of Topliss-reactive ketones (excluding diaryl/α,β-unsaturated/α-hetero) is 1. The van der Waals surface area contributed by atoms with Crippen LogP contribution in [0.2, 0.25) is 0 Å². The number of carbonyl (C=O) groups is 2.